The van der Waals surface area contributed by atoms with E-state index >= 15 is 0 Å². The molecule has 126 valence electrons. The Hall–Kier alpha value is -2.47. The third-order valence-electron chi connectivity index (χ3n) is 4.10. The van der Waals surface area contributed by atoms with Crippen molar-refractivity contribution in [3.63, 3.8) is 0 Å². The van der Waals surface area contributed by atoms with Crippen molar-refractivity contribution >= 4 is 11.7 Å². The van der Waals surface area contributed by atoms with E-state index in [1.54, 1.807) is 0 Å². The van der Waals surface area contributed by atoms with E-state index in [9.17, 15) is 13.6 Å². The topological polar surface area (TPSA) is 44.4 Å². The van der Waals surface area contributed by atoms with Crippen molar-refractivity contribution < 1.29 is 13.6 Å². The number of fused-ring (bicyclic) bond motifs is 1. The number of hydrogen-bond acceptors (Lipinski definition) is 2. The minimum atomic E-state index is -0.794. The van der Waals surface area contributed by atoms with Crippen molar-refractivity contribution in [3.8, 4) is 0 Å². The van der Waals surface area contributed by atoms with Crippen LogP contribution in [-0.2, 0) is 13.0 Å². The number of urea groups is 1. The van der Waals surface area contributed by atoms with Crippen LogP contribution in [0.15, 0.2) is 42.5 Å². The molecule has 0 spiro atoms. The highest BCUT2D eigenvalue weighted by molar-refractivity contribution is 5.89. The zero-order valence-electron chi connectivity index (χ0n) is 13.2. The van der Waals surface area contributed by atoms with Crippen molar-refractivity contribution in [3.05, 3.63) is 65.2 Å². The molecule has 1 aliphatic rings. The first kappa shape index (κ1) is 16.4. The predicted octanol–water partition coefficient (Wildman–Crippen LogP) is 3.14. The van der Waals surface area contributed by atoms with Gasteiger partial charge in [0, 0.05) is 32.2 Å². The van der Waals surface area contributed by atoms with Crippen LogP contribution >= 0.6 is 0 Å². The van der Waals surface area contributed by atoms with Crippen molar-refractivity contribution in [1.29, 1.82) is 0 Å². The van der Waals surface area contributed by atoms with Crippen molar-refractivity contribution in [2.75, 3.05) is 25.0 Å². The van der Waals surface area contributed by atoms with E-state index < -0.39 is 17.7 Å². The highest BCUT2D eigenvalue weighted by Gasteiger charge is 2.15. The summed E-state index contributed by atoms with van der Waals surface area (Å²) in [7, 11) is 0. The molecule has 2 aromatic carbocycles. The molecule has 1 aliphatic heterocycles. The number of carbonyl (C=O) groups is 1. The standard InChI is InChI=1S/C18H19F2N3O/c19-15-5-6-17(16(20)11-15)22-18(24)21-8-10-23-9-7-13-3-1-2-4-14(13)12-23/h1-6,11H,7-10,12H2,(H2,21,22,24). The maximum absolute atomic E-state index is 13.5. The SMILES string of the molecule is O=C(NCCN1CCc2ccccc2C1)Nc1ccc(F)cc1F. The first-order chi connectivity index (χ1) is 11.6. The van der Waals surface area contributed by atoms with Crippen molar-refractivity contribution in [1.82, 2.24) is 10.2 Å². The first-order valence-electron chi connectivity index (χ1n) is 7.91. The highest BCUT2D eigenvalue weighted by Crippen LogP contribution is 2.18. The van der Waals surface area contributed by atoms with Gasteiger partial charge in [0.25, 0.3) is 0 Å². The largest absolute Gasteiger partial charge is 0.337 e. The summed E-state index contributed by atoms with van der Waals surface area (Å²) < 4.78 is 26.3. The molecule has 24 heavy (non-hydrogen) atoms. The van der Waals surface area contributed by atoms with Crippen LogP contribution < -0.4 is 10.6 Å². The van der Waals surface area contributed by atoms with Gasteiger partial charge in [-0.3, -0.25) is 4.90 Å². The number of rotatable bonds is 4. The molecule has 3 rings (SSSR count). The molecular formula is C18H19F2N3O. The number of nitrogens with one attached hydrogen (secondary N) is 2. The van der Waals surface area contributed by atoms with Crippen LogP contribution in [0.25, 0.3) is 0 Å². The fourth-order valence-electron chi connectivity index (χ4n) is 2.83. The Labute approximate surface area is 139 Å². The Morgan fingerprint density at radius 3 is 2.71 bits per heavy atom. The lowest BCUT2D eigenvalue weighted by Gasteiger charge is -2.28. The lowest BCUT2D eigenvalue weighted by Crippen LogP contribution is -2.39. The van der Waals surface area contributed by atoms with Gasteiger partial charge in [-0.1, -0.05) is 24.3 Å². The molecule has 0 fully saturated rings. The highest BCUT2D eigenvalue weighted by atomic mass is 19.1. The molecular weight excluding hydrogens is 312 g/mol. The molecule has 0 atom stereocenters. The molecule has 0 saturated heterocycles. The first-order valence-corrected chi connectivity index (χ1v) is 7.91. The number of nitrogens with zero attached hydrogens (tertiary/aromatic N) is 1. The van der Waals surface area contributed by atoms with Gasteiger partial charge in [0.05, 0.1) is 5.69 Å². The minimum absolute atomic E-state index is 0.0409. The third-order valence-corrected chi connectivity index (χ3v) is 4.10. The molecule has 0 saturated carbocycles. The number of hydrogen-bond donors (Lipinski definition) is 2. The predicted molar refractivity (Wildman–Crippen MR) is 88.8 cm³/mol. The smallest absolute Gasteiger partial charge is 0.319 e. The van der Waals surface area contributed by atoms with Gasteiger partial charge in [0.1, 0.15) is 11.6 Å². The van der Waals surface area contributed by atoms with E-state index in [0.717, 1.165) is 31.6 Å². The van der Waals surface area contributed by atoms with Gasteiger partial charge >= 0.3 is 6.03 Å². The summed E-state index contributed by atoms with van der Waals surface area (Å²) in [6.07, 6.45) is 1.00. The average Bonchev–Trinajstić information content (AvgIpc) is 2.57. The molecule has 0 bridgehead atoms. The van der Waals surface area contributed by atoms with E-state index in [4.69, 9.17) is 0 Å². The molecule has 4 nitrogen and oxygen atoms in total. The van der Waals surface area contributed by atoms with Crippen molar-refractivity contribution in [2.45, 2.75) is 13.0 Å². The number of halogens is 2. The summed E-state index contributed by atoms with van der Waals surface area (Å²) in [4.78, 5) is 14.1. The van der Waals surface area contributed by atoms with Crippen molar-refractivity contribution in [2.24, 2.45) is 0 Å². The molecule has 0 radical (unpaired) electrons. The summed E-state index contributed by atoms with van der Waals surface area (Å²) in [5, 5.41) is 5.07. The van der Waals surface area contributed by atoms with Crippen LogP contribution in [0.4, 0.5) is 19.3 Å². The summed E-state index contributed by atoms with van der Waals surface area (Å²) in [6.45, 7) is 2.99. The molecule has 6 heteroatoms. The summed E-state index contributed by atoms with van der Waals surface area (Å²) in [5.74, 6) is -1.47. The second-order valence-electron chi connectivity index (χ2n) is 5.80. The molecule has 2 amide bonds. The maximum Gasteiger partial charge on any atom is 0.319 e. The van der Waals surface area contributed by atoms with E-state index in [2.05, 4.69) is 33.7 Å². The van der Waals surface area contributed by atoms with Crippen LogP contribution in [0.2, 0.25) is 0 Å². The van der Waals surface area contributed by atoms with E-state index in [-0.39, 0.29) is 5.69 Å². The molecule has 0 aromatic heterocycles. The molecule has 1 heterocycles. The van der Waals surface area contributed by atoms with Gasteiger partial charge in [0.2, 0.25) is 0 Å². The fraction of sp³-hybridized carbons (Fsp3) is 0.278. The number of benzene rings is 2. The zero-order valence-corrected chi connectivity index (χ0v) is 13.2. The Bertz CT molecular complexity index is 736. The van der Waals surface area contributed by atoms with E-state index in [0.29, 0.717) is 13.1 Å². The lowest BCUT2D eigenvalue weighted by atomic mass is 10.00. The Kier molecular flexibility index (Phi) is 5.05. The van der Waals surface area contributed by atoms with Crippen LogP contribution in [-0.4, -0.2) is 30.6 Å². The lowest BCUT2D eigenvalue weighted by molar-refractivity contribution is 0.239. The van der Waals surface area contributed by atoms with E-state index in [1.165, 1.54) is 17.2 Å². The molecule has 2 N–H and O–H groups in total. The van der Waals surface area contributed by atoms with Gasteiger partial charge in [-0.05, 0) is 29.7 Å². The zero-order chi connectivity index (χ0) is 16.9. The van der Waals surface area contributed by atoms with Crippen LogP contribution in [0.5, 0.6) is 0 Å². The van der Waals surface area contributed by atoms with Gasteiger partial charge in [-0.2, -0.15) is 0 Å². The quantitative estimate of drug-likeness (QED) is 0.904. The number of anilines is 1. The molecule has 0 unspecified atom stereocenters. The number of amides is 2. The molecule has 0 aliphatic carbocycles. The van der Waals surface area contributed by atoms with Crippen LogP contribution in [0.1, 0.15) is 11.1 Å². The van der Waals surface area contributed by atoms with E-state index in [1.807, 2.05) is 6.07 Å². The number of carbonyl (C=O) groups excluding carboxylic acids is 1. The Balaban J connectivity index is 1.44. The summed E-state index contributed by atoms with van der Waals surface area (Å²) in [6, 6.07) is 10.9. The van der Waals surface area contributed by atoms with Gasteiger partial charge in [-0.25, -0.2) is 13.6 Å². The summed E-state index contributed by atoms with van der Waals surface area (Å²) in [5.41, 5.74) is 2.66. The fourth-order valence-corrected chi connectivity index (χ4v) is 2.83. The Morgan fingerprint density at radius 1 is 1.12 bits per heavy atom. The minimum Gasteiger partial charge on any atom is -0.337 e. The second-order valence-corrected chi connectivity index (χ2v) is 5.80. The maximum atomic E-state index is 13.5. The van der Waals surface area contributed by atoms with Crippen LogP contribution in [0.3, 0.4) is 0 Å². The molecule has 2 aromatic rings. The third kappa shape index (κ3) is 4.08. The van der Waals surface area contributed by atoms with Gasteiger partial charge < -0.3 is 10.6 Å². The summed E-state index contributed by atoms with van der Waals surface area (Å²) >= 11 is 0. The van der Waals surface area contributed by atoms with Gasteiger partial charge in [-0.15, -0.1) is 0 Å². The monoisotopic (exact) mass is 331 g/mol. The van der Waals surface area contributed by atoms with Gasteiger partial charge in [0.15, 0.2) is 0 Å². The normalized spacial score (nSPS) is 14.1. The average molecular weight is 331 g/mol. The van der Waals surface area contributed by atoms with Crippen LogP contribution in [0, 0.1) is 11.6 Å². The second kappa shape index (κ2) is 7.40. The Morgan fingerprint density at radius 2 is 1.92 bits per heavy atom.